The third kappa shape index (κ3) is 9.37. The highest BCUT2D eigenvalue weighted by Gasteiger charge is 2.23. The van der Waals surface area contributed by atoms with Crippen molar-refractivity contribution in [3.05, 3.63) is 155 Å². The number of benzene rings is 5. The van der Waals surface area contributed by atoms with Gasteiger partial charge in [-0.3, -0.25) is 10.2 Å². The molecule has 0 saturated heterocycles. The first-order chi connectivity index (χ1) is 23.4. The summed E-state index contributed by atoms with van der Waals surface area (Å²) in [4.78, 5) is 14.5. The number of aliphatic hydroxyl groups is 1. The van der Waals surface area contributed by atoms with Gasteiger partial charge in [-0.2, -0.15) is 0 Å². The lowest BCUT2D eigenvalue weighted by molar-refractivity contribution is 0.107. The van der Waals surface area contributed by atoms with Crippen LogP contribution in [0.1, 0.15) is 39.8 Å². The maximum absolute atomic E-state index is 12.3. The SMILES string of the molecule is COC(=O)Nc1cc(C(O)CN(Cc2ccccc2)CC(c2ccc(OC)cc2)c2ccc(OC)cc2)ccc1OCc1ccccc1. The Balaban J connectivity index is 1.43. The number of nitrogens with zero attached hydrogens (tertiary/aromatic N) is 1. The molecule has 5 rings (SSSR count). The van der Waals surface area contributed by atoms with Crippen molar-refractivity contribution < 1.29 is 28.8 Å². The van der Waals surface area contributed by atoms with Crippen molar-refractivity contribution in [2.45, 2.75) is 25.2 Å². The maximum Gasteiger partial charge on any atom is 0.411 e. The number of hydrogen-bond acceptors (Lipinski definition) is 7. The Hall–Kier alpha value is -5.31. The Morgan fingerprint density at radius 3 is 1.77 bits per heavy atom. The number of ether oxygens (including phenoxy) is 4. The van der Waals surface area contributed by atoms with Crippen LogP contribution in [0.3, 0.4) is 0 Å². The van der Waals surface area contributed by atoms with Crippen LogP contribution < -0.4 is 19.5 Å². The number of nitrogens with one attached hydrogen (secondary N) is 1. The molecule has 0 aliphatic rings. The van der Waals surface area contributed by atoms with Crippen molar-refractivity contribution >= 4 is 11.8 Å². The Morgan fingerprint density at radius 2 is 1.23 bits per heavy atom. The molecule has 48 heavy (non-hydrogen) atoms. The summed E-state index contributed by atoms with van der Waals surface area (Å²) < 4.78 is 21.8. The first kappa shape index (κ1) is 34.0. The van der Waals surface area contributed by atoms with Crippen molar-refractivity contribution in [3.63, 3.8) is 0 Å². The molecule has 0 fully saturated rings. The van der Waals surface area contributed by atoms with Crippen molar-refractivity contribution in [3.8, 4) is 17.2 Å². The van der Waals surface area contributed by atoms with E-state index in [0.29, 0.717) is 43.2 Å². The Labute approximate surface area is 282 Å². The minimum Gasteiger partial charge on any atom is -0.497 e. The third-order valence-corrected chi connectivity index (χ3v) is 8.20. The Morgan fingerprint density at radius 1 is 0.688 bits per heavy atom. The zero-order valence-electron chi connectivity index (χ0n) is 27.5. The van der Waals surface area contributed by atoms with Gasteiger partial charge in [-0.1, -0.05) is 91.0 Å². The van der Waals surface area contributed by atoms with Gasteiger partial charge in [-0.15, -0.1) is 0 Å². The van der Waals surface area contributed by atoms with E-state index in [0.717, 1.165) is 33.8 Å². The van der Waals surface area contributed by atoms with Crippen molar-refractivity contribution in [2.24, 2.45) is 0 Å². The van der Waals surface area contributed by atoms with E-state index in [4.69, 9.17) is 18.9 Å². The average Bonchev–Trinajstić information content (AvgIpc) is 3.14. The number of anilines is 1. The van der Waals surface area contributed by atoms with E-state index in [2.05, 4.69) is 46.6 Å². The second-order valence-corrected chi connectivity index (χ2v) is 11.4. The summed E-state index contributed by atoms with van der Waals surface area (Å²) >= 11 is 0. The van der Waals surface area contributed by atoms with Crippen LogP contribution in [-0.4, -0.2) is 50.5 Å². The zero-order chi connectivity index (χ0) is 33.7. The topological polar surface area (TPSA) is 89.5 Å². The molecular weight excluding hydrogens is 604 g/mol. The van der Waals surface area contributed by atoms with Crippen molar-refractivity contribution in [1.82, 2.24) is 4.90 Å². The van der Waals surface area contributed by atoms with Crippen LogP contribution in [0.25, 0.3) is 0 Å². The number of amides is 1. The molecule has 0 saturated carbocycles. The lowest BCUT2D eigenvalue weighted by atomic mass is 9.90. The standard InChI is InChI=1S/C40H42N2O6/c1-45-34-19-14-31(15-20-34)36(32-16-21-35(46-2)22-17-32)26-42(25-29-10-6-4-7-11-29)27-38(43)33-18-23-39(37(24-33)41-40(44)47-3)48-28-30-12-8-5-9-13-30/h4-24,36,38,43H,25-28H2,1-3H3,(H,41,44). The van der Waals surface area contributed by atoms with Crippen LogP contribution in [0.5, 0.6) is 17.2 Å². The molecule has 0 radical (unpaired) electrons. The van der Waals surface area contributed by atoms with Gasteiger partial charge in [0, 0.05) is 25.6 Å². The predicted octanol–water partition coefficient (Wildman–Crippen LogP) is 7.83. The first-order valence-electron chi connectivity index (χ1n) is 15.8. The fourth-order valence-corrected chi connectivity index (χ4v) is 5.60. The third-order valence-electron chi connectivity index (χ3n) is 8.20. The van der Waals surface area contributed by atoms with Gasteiger partial charge in [0.15, 0.2) is 0 Å². The quantitative estimate of drug-likeness (QED) is 0.120. The number of aliphatic hydroxyl groups excluding tert-OH is 1. The summed E-state index contributed by atoms with van der Waals surface area (Å²) in [5, 5.41) is 14.5. The number of carbonyl (C=O) groups excluding carboxylic acids is 1. The highest BCUT2D eigenvalue weighted by Crippen LogP contribution is 2.32. The van der Waals surface area contributed by atoms with E-state index in [1.54, 1.807) is 26.4 Å². The smallest absolute Gasteiger partial charge is 0.411 e. The van der Waals surface area contributed by atoms with Gasteiger partial charge in [-0.25, -0.2) is 4.79 Å². The van der Waals surface area contributed by atoms with Crippen LogP contribution in [0.15, 0.2) is 127 Å². The fraction of sp³-hybridized carbons (Fsp3) is 0.225. The Kier molecular flexibility index (Phi) is 12.1. The molecule has 0 bridgehead atoms. The van der Waals surface area contributed by atoms with Gasteiger partial charge in [0.2, 0.25) is 0 Å². The average molecular weight is 647 g/mol. The summed E-state index contributed by atoms with van der Waals surface area (Å²) in [6, 6.07) is 41.6. The fourth-order valence-electron chi connectivity index (χ4n) is 5.60. The molecule has 1 unspecified atom stereocenters. The first-order valence-corrected chi connectivity index (χ1v) is 15.8. The van der Waals surface area contributed by atoms with Gasteiger partial charge >= 0.3 is 6.09 Å². The molecule has 0 spiro atoms. The maximum atomic E-state index is 12.3. The van der Waals surface area contributed by atoms with E-state index in [1.807, 2.05) is 78.9 Å². The molecule has 0 aliphatic carbocycles. The van der Waals surface area contributed by atoms with Crippen LogP contribution in [0.2, 0.25) is 0 Å². The van der Waals surface area contributed by atoms with Gasteiger partial charge in [0.25, 0.3) is 0 Å². The molecular formula is C40H42N2O6. The second kappa shape index (κ2) is 17.0. The lowest BCUT2D eigenvalue weighted by Gasteiger charge is -2.30. The van der Waals surface area contributed by atoms with Crippen molar-refractivity contribution in [1.29, 1.82) is 0 Å². The molecule has 8 nitrogen and oxygen atoms in total. The minimum atomic E-state index is -0.873. The van der Waals surface area contributed by atoms with Crippen LogP contribution in [0, 0.1) is 0 Å². The van der Waals surface area contributed by atoms with E-state index < -0.39 is 12.2 Å². The molecule has 248 valence electrons. The minimum absolute atomic E-state index is 0.0111. The molecule has 0 aliphatic heterocycles. The predicted molar refractivity (Wildman–Crippen MR) is 188 cm³/mol. The van der Waals surface area contributed by atoms with E-state index in [-0.39, 0.29) is 5.92 Å². The summed E-state index contributed by atoms with van der Waals surface area (Å²) in [7, 11) is 4.63. The monoisotopic (exact) mass is 646 g/mol. The number of hydrogen-bond donors (Lipinski definition) is 2. The number of carbonyl (C=O) groups is 1. The van der Waals surface area contributed by atoms with Crippen LogP contribution in [-0.2, 0) is 17.9 Å². The van der Waals surface area contributed by atoms with Crippen LogP contribution >= 0.6 is 0 Å². The summed E-state index contributed by atoms with van der Waals surface area (Å²) in [5.41, 5.74) is 5.42. The van der Waals surface area contributed by atoms with Gasteiger partial charge < -0.3 is 24.1 Å². The lowest BCUT2D eigenvalue weighted by Crippen LogP contribution is -2.33. The van der Waals surface area contributed by atoms with E-state index >= 15 is 0 Å². The highest BCUT2D eigenvalue weighted by molar-refractivity contribution is 5.86. The Bertz CT molecular complexity index is 1670. The molecule has 0 heterocycles. The van der Waals surface area contributed by atoms with E-state index in [9.17, 15) is 9.90 Å². The summed E-state index contributed by atoms with van der Waals surface area (Å²) in [5.74, 6) is 2.04. The molecule has 5 aromatic carbocycles. The molecule has 0 aromatic heterocycles. The van der Waals surface area contributed by atoms with Gasteiger partial charge in [-0.05, 0) is 64.2 Å². The molecule has 5 aromatic rings. The number of methoxy groups -OCH3 is 3. The van der Waals surface area contributed by atoms with Crippen molar-refractivity contribution in [2.75, 3.05) is 39.7 Å². The molecule has 2 N–H and O–H groups in total. The summed E-state index contributed by atoms with van der Waals surface area (Å²) in [6.07, 6.45) is -1.50. The molecule has 1 amide bonds. The normalized spacial score (nSPS) is 11.6. The van der Waals surface area contributed by atoms with E-state index in [1.165, 1.54) is 7.11 Å². The molecule has 1 atom stereocenters. The number of rotatable bonds is 15. The largest absolute Gasteiger partial charge is 0.497 e. The van der Waals surface area contributed by atoms with Gasteiger partial charge in [0.1, 0.15) is 23.9 Å². The second-order valence-electron chi connectivity index (χ2n) is 11.4. The van der Waals surface area contributed by atoms with Crippen LogP contribution in [0.4, 0.5) is 10.5 Å². The zero-order valence-corrected chi connectivity index (χ0v) is 27.5. The summed E-state index contributed by atoms with van der Waals surface area (Å²) in [6.45, 7) is 1.89. The highest BCUT2D eigenvalue weighted by atomic mass is 16.5. The molecule has 8 heteroatoms. The van der Waals surface area contributed by atoms with Gasteiger partial charge in [0.05, 0.1) is 33.1 Å².